The molecule has 0 radical (unpaired) electrons. The highest BCUT2D eigenvalue weighted by Gasteiger charge is 2.23. The highest BCUT2D eigenvalue weighted by molar-refractivity contribution is 5.89. The van der Waals surface area contributed by atoms with Crippen molar-refractivity contribution < 1.29 is 9.47 Å². The Hall–Kier alpha value is -3.54. The molecule has 1 aromatic heterocycles. The van der Waals surface area contributed by atoms with Crippen LogP contribution in [0.25, 0.3) is 0 Å². The number of nitrogens with one attached hydrogen (secondary N) is 2. The highest BCUT2D eigenvalue weighted by Crippen LogP contribution is 2.37. The number of nitrogens with zero attached hydrogens (tertiary/aromatic N) is 1. The molecule has 1 atom stereocenters. The van der Waals surface area contributed by atoms with E-state index in [4.69, 9.17) is 20.6 Å². The average Bonchev–Trinajstić information content (AvgIpc) is 2.75. The van der Waals surface area contributed by atoms with Crippen molar-refractivity contribution in [3.05, 3.63) is 83.7 Å². The fraction of sp³-hybridized carbons (Fsp3) is 0.280. The van der Waals surface area contributed by atoms with Gasteiger partial charge in [-0.1, -0.05) is 18.2 Å². The largest absolute Gasteiger partial charge is 0.493 e. The number of aromatic nitrogens is 1. The van der Waals surface area contributed by atoms with Gasteiger partial charge in [-0.05, 0) is 78.8 Å². The fourth-order valence-corrected chi connectivity index (χ4v) is 3.81. The van der Waals surface area contributed by atoms with Gasteiger partial charge < -0.3 is 20.5 Å². The van der Waals surface area contributed by atoms with E-state index < -0.39 is 0 Å². The first-order valence-electron chi connectivity index (χ1n) is 10.6. The number of anilines is 1. The number of rotatable bonds is 8. The maximum Gasteiger partial charge on any atom is 0.190 e. The van der Waals surface area contributed by atoms with E-state index in [2.05, 4.69) is 34.6 Å². The molecule has 0 aliphatic heterocycles. The molecule has 4 N–H and O–H groups in total. The van der Waals surface area contributed by atoms with Crippen LogP contribution in [0, 0.1) is 5.41 Å². The summed E-state index contributed by atoms with van der Waals surface area (Å²) in [5.41, 5.74) is 9.80. The van der Waals surface area contributed by atoms with Gasteiger partial charge in [0.05, 0.1) is 13.2 Å². The molecular weight excluding hydrogens is 388 g/mol. The minimum Gasteiger partial charge on any atom is -0.493 e. The maximum atomic E-state index is 7.43. The predicted octanol–water partition coefficient (Wildman–Crippen LogP) is 4.70. The van der Waals surface area contributed by atoms with Crippen LogP contribution in [0.2, 0.25) is 0 Å². The van der Waals surface area contributed by atoms with E-state index in [-0.39, 0.29) is 18.0 Å². The van der Waals surface area contributed by atoms with Crippen LogP contribution in [0.5, 0.6) is 11.5 Å². The number of benzene rings is 2. The van der Waals surface area contributed by atoms with Gasteiger partial charge in [-0.15, -0.1) is 0 Å². The van der Waals surface area contributed by atoms with E-state index in [1.54, 1.807) is 7.11 Å². The fourth-order valence-electron chi connectivity index (χ4n) is 3.81. The van der Waals surface area contributed by atoms with Crippen molar-refractivity contribution >= 4 is 11.6 Å². The van der Waals surface area contributed by atoms with Gasteiger partial charge in [0.2, 0.25) is 0 Å². The van der Waals surface area contributed by atoms with E-state index in [9.17, 15) is 0 Å². The zero-order valence-electron chi connectivity index (χ0n) is 17.7. The molecule has 0 saturated heterocycles. The van der Waals surface area contributed by atoms with E-state index in [0.29, 0.717) is 0 Å². The molecule has 2 aromatic carbocycles. The molecule has 1 unspecified atom stereocenters. The van der Waals surface area contributed by atoms with Gasteiger partial charge in [0, 0.05) is 24.0 Å². The summed E-state index contributed by atoms with van der Waals surface area (Å²) in [6.45, 7) is 0. The molecule has 1 aliphatic carbocycles. The van der Waals surface area contributed by atoms with Crippen LogP contribution in [0.15, 0.2) is 67.0 Å². The summed E-state index contributed by atoms with van der Waals surface area (Å²) in [6.07, 6.45) is 8.17. The summed E-state index contributed by atoms with van der Waals surface area (Å²) in [6, 6.07) is 18.4. The van der Waals surface area contributed by atoms with E-state index in [1.807, 2.05) is 42.7 Å². The first-order chi connectivity index (χ1) is 15.1. The summed E-state index contributed by atoms with van der Waals surface area (Å²) in [7, 11) is 1.68. The van der Waals surface area contributed by atoms with Gasteiger partial charge in [-0.3, -0.25) is 10.4 Å². The Bertz CT molecular complexity index is 1020. The molecule has 1 saturated carbocycles. The number of guanidine groups is 1. The number of hydrogen-bond donors (Lipinski definition) is 3. The minimum atomic E-state index is -0.0750. The molecule has 1 heterocycles. The van der Waals surface area contributed by atoms with Crippen LogP contribution in [0.3, 0.4) is 0 Å². The zero-order chi connectivity index (χ0) is 21.6. The zero-order valence-corrected chi connectivity index (χ0v) is 17.7. The van der Waals surface area contributed by atoms with Gasteiger partial charge >= 0.3 is 0 Å². The first kappa shape index (κ1) is 20.7. The van der Waals surface area contributed by atoms with Crippen molar-refractivity contribution in [2.75, 3.05) is 12.4 Å². The van der Waals surface area contributed by atoms with Gasteiger partial charge in [0.25, 0.3) is 0 Å². The van der Waals surface area contributed by atoms with Crippen molar-refractivity contribution in [2.24, 2.45) is 5.73 Å². The number of methoxy groups -OCH3 is 1. The average molecular weight is 417 g/mol. The summed E-state index contributed by atoms with van der Waals surface area (Å²) in [5, 5.41) is 10.3. The monoisotopic (exact) mass is 416 g/mol. The summed E-state index contributed by atoms with van der Waals surface area (Å²) in [5.74, 6) is 1.62. The lowest BCUT2D eigenvalue weighted by molar-refractivity contribution is 0.116. The molecule has 4 rings (SSSR count). The Morgan fingerprint density at radius 2 is 1.77 bits per heavy atom. The SMILES string of the molecule is COc1ccc(C(Cc2ccncc2)c2ccc(NC(=N)N)cc2)cc1OC1CCC1. The molecule has 160 valence electrons. The van der Waals surface area contributed by atoms with Crippen molar-refractivity contribution in [2.45, 2.75) is 37.7 Å². The smallest absolute Gasteiger partial charge is 0.190 e. The van der Waals surface area contributed by atoms with Gasteiger partial charge in [0.1, 0.15) is 0 Å². The van der Waals surface area contributed by atoms with Crippen LogP contribution in [-0.2, 0) is 6.42 Å². The lowest BCUT2D eigenvalue weighted by Gasteiger charge is -2.28. The van der Waals surface area contributed by atoms with Crippen LogP contribution in [-0.4, -0.2) is 24.2 Å². The molecule has 0 amide bonds. The molecule has 1 fully saturated rings. The second-order valence-electron chi connectivity index (χ2n) is 7.85. The highest BCUT2D eigenvalue weighted by atomic mass is 16.5. The molecule has 6 heteroatoms. The second kappa shape index (κ2) is 9.51. The van der Waals surface area contributed by atoms with Crippen LogP contribution in [0.4, 0.5) is 5.69 Å². The Labute approximate surface area is 182 Å². The Morgan fingerprint density at radius 1 is 1.06 bits per heavy atom. The standard InChI is InChI=1S/C25H28N4O2/c1-30-23-10-7-19(16-24(23)31-21-3-2-4-21)22(15-17-11-13-28-14-12-17)18-5-8-20(9-6-18)29-25(26)27/h5-14,16,21-22H,2-4,15H2,1H3,(H4,26,27,29). The summed E-state index contributed by atoms with van der Waals surface area (Å²) < 4.78 is 11.8. The van der Waals surface area contributed by atoms with Gasteiger partial charge in [-0.2, -0.15) is 0 Å². The lowest BCUT2D eigenvalue weighted by Crippen LogP contribution is -2.24. The molecule has 0 spiro atoms. The molecule has 3 aromatic rings. The first-order valence-corrected chi connectivity index (χ1v) is 10.6. The Morgan fingerprint density at radius 3 is 2.39 bits per heavy atom. The maximum absolute atomic E-state index is 7.43. The third-order valence-corrected chi connectivity index (χ3v) is 5.72. The molecule has 31 heavy (non-hydrogen) atoms. The summed E-state index contributed by atoms with van der Waals surface area (Å²) in [4.78, 5) is 4.15. The second-order valence-corrected chi connectivity index (χ2v) is 7.85. The van der Waals surface area contributed by atoms with Crippen molar-refractivity contribution in [1.82, 2.24) is 4.98 Å². The molecule has 6 nitrogen and oxygen atoms in total. The third kappa shape index (κ3) is 5.15. The quantitative estimate of drug-likeness (QED) is 0.365. The third-order valence-electron chi connectivity index (χ3n) is 5.72. The van der Waals surface area contributed by atoms with Crippen LogP contribution >= 0.6 is 0 Å². The van der Waals surface area contributed by atoms with Crippen molar-refractivity contribution in [1.29, 1.82) is 5.41 Å². The van der Waals surface area contributed by atoms with Crippen LogP contribution < -0.4 is 20.5 Å². The topological polar surface area (TPSA) is 93.2 Å². The molecule has 1 aliphatic rings. The van der Waals surface area contributed by atoms with Crippen molar-refractivity contribution in [3.63, 3.8) is 0 Å². The number of nitrogens with two attached hydrogens (primary N) is 1. The van der Waals surface area contributed by atoms with Gasteiger partial charge in [0.15, 0.2) is 17.5 Å². The lowest BCUT2D eigenvalue weighted by atomic mass is 9.86. The molecule has 0 bridgehead atoms. The summed E-state index contributed by atoms with van der Waals surface area (Å²) >= 11 is 0. The number of hydrogen-bond acceptors (Lipinski definition) is 4. The minimum absolute atomic E-state index is 0.0750. The van der Waals surface area contributed by atoms with E-state index in [0.717, 1.165) is 36.4 Å². The molecular formula is C25H28N4O2. The van der Waals surface area contributed by atoms with Gasteiger partial charge in [-0.25, -0.2) is 0 Å². The van der Waals surface area contributed by atoms with E-state index in [1.165, 1.54) is 23.1 Å². The number of pyridine rings is 1. The normalized spacial score (nSPS) is 14.4. The predicted molar refractivity (Wildman–Crippen MR) is 123 cm³/mol. The van der Waals surface area contributed by atoms with Crippen molar-refractivity contribution in [3.8, 4) is 11.5 Å². The number of ether oxygens (including phenoxy) is 2. The van der Waals surface area contributed by atoms with E-state index >= 15 is 0 Å². The Kier molecular flexibility index (Phi) is 6.36. The van der Waals surface area contributed by atoms with Crippen LogP contribution in [0.1, 0.15) is 41.9 Å². The Balaban J connectivity index is 1.68.